The molecule has 1 saturated carbocycles. The predicted molar refractivity (Wildman–Crippen MR) is 69.2 cm³/mol. The minimum Gasteiger partial charge on any atom is -0.372 e. The van der Waals surface area contributed by atoms with E-state index in [1.807, 2.05) is 0 Å². The molecule has 1 aliphatic carbocycles. The molecule has 0 radical (unpaired) electrons. The Morgan fingerprint density at radius 3 is 2.42 bits per heavy atom. The van der Waals surface area contributed by atoms with Gasteiger partial charge in [-0.15, -0.1) is 0 Å². The Balaban J connectivity index is 2.26. The molecule has 7 heteroatoms. The molecule has 1 rings (SSSR count). The summed E-state index contributed by atoms with van der Waals surface area (Å²) in [5.41, 5.74) is -0.237. The first-order valence-corrected chi connectivity index (χ1v) is 7.50. The van der Waals surface area contributed by atoms with Crippen LogP contribution in [0.4, 0.5) is 13.2 Å². The highest BCUT2D eigenvalue weighted by Gasteiger charge is 2.32. The van der Waals surface area contributed by atoms with Gasteiger partial charge in [0, 0.05) is 17.3 Å². The van der Waals surface area contributed by atoms with Gasteiger partial charge < -0.3 is 10.1 Å². The molecule has 112 valence electrons. The maximum atomic E-state index is 11.8. The molecule has 1 N–H and O–H groups in total. The first-order chi connectivity index (χ1) is 8.87. The van der Waals surface area contributed by atoms with E-state index in [-0.39, 0.29) is 24.5 Å². The number of halogens is 4. The van der Waals surface area contributed by atoms with Crippen LogP contribution in [0.5, 0.6) is 0 Å². The topological polar surface area (TPSA) is 38.3 Å². The molecule has 0 aromatic heterocycles. The smallest absolute Gasteiger partial charge is 0.372 e. The number of nitrogens with one attached hydrogen (secondary N) is 1. The number of carbonyl (C=O) groups excluding carboxylic acids is 1. The average Bonchev–Trinajstić information content (AvgIpc) is 2.35. The maximum absolute atomic E-state index is 11.8. The van der Waals surface area contributed by atoms with Gasteiger partial charge in [0.2, 0.25) is 5.91 Å². The molecule has 0 bridgehead atoms. The SMILES string of the molecule is O=C(CCOCC(F)(F)F)NC1(CBr)CCCCC1. The quantitative estimate of drug-likeness (QED) is 0.593. The fourth-order valence-electron chi connectivity index (χ4n) is 2.23. The van der Waals surface area contributed by atoms with Crippen molar-refractivity contribution in [2.75, 3.05) is 18.5 Å². The van der Waals surface area contributed by atoms with Crippen molar-refractivity contribution in [1.29, 1.82) is 0 Å². The van der Waals surface area contributed by atoms with Gasteiger partial charge in [0.15, 0.2) is 0 Å². The average molecular weight is 346 g/mol. The molecule has 1 fully saturated rings. The molecule has 3 nitrogen and oxygen atoms in total. The number of rotatable bonds is 6. The van der Waals surface area contributed by atoms with E-state index in [9.17, 15) is 18.0 Å². The van der Waals surface area contributed by atoms with Crippen LogP contribution in [0, 0.1) is 0 Å². The zero-order chi connectivity index (χ0) is 14.4. The highest BCUT2D eigenvalue weighted by molar-refractivity contribution is 9.09. The molecule has 0 aliphatic heterocycles. The van der Waals surface area contributed by atoms with Crippen molar-refractivity contribution in [2.24, 2.45) is 0 Å². The standard InChI is InChI=1S/C12H19BrF3NO2/c13-8-11(5-2-1-3-6-11)17-10(18)4-7-19-9-12(14,15)16/h1-9H2,(H,17,18). The molecule has 1 aliphatic rings. The summed E-state index contributed by atoms with van der Waals surface area (Å²) < 4.78 is 39.9. The Labute approximate surface area is 119 Å². The van der Waals surface area contributed by atoms with Crippen LogP contribution < -0.4 is 5.32 Å². The third-order valence-electron chi connectivity index (χ3n) is 3.21. The van der Waals surface area contributed by atoms with Crippen molar-refractivity contribution >= 4 is 21.8 Å². The number of ether oxygens (including phenoxy) is 1. The summed E-state index contributed by atoms with van der Waals surface area (Å²) in [7, 11) is 0. The third kappa shape index (κ3) is 6.61. The van der Waals surface area contributed by atoms with E-state index < -0.39 is 12.8 Å². The monoisotopic (exact) mass is 345 g/mol. The summed E-state index contributed by atoms with van der Waals surface area (Å²) in [6.45, 7) is -1.51. The van der Waals surface area contributed by atoms with Gasteiger partial charge in [0.25, 0.3) is 0 Å². The van der Waals surface area contributed by atoms with E-state index in [2.05, 4.69) is 26.0 Å². The molecule has 0 unspecified atom stereocenters. The van der Waals surface area contributed by atoms with Crippen LogP contribution in [0.15, 0.2) is 0 Å². The van der Waals surface area contributed by atoms with E-state index in [4.69, 9.17) is 0 Å². The lowest BCUT2D eigenvalue weighted by Gasteiger charge is -2.36. The molecular formula is C12H19BrF3NO2. The van der Waals surface area contributed by atoms with E-state index in [0.717, 1.165) is 25.7 Å². The third-order valence-corrected chi connectivity index (χ3v) is 4.28. The van der Waals surface area contributed by atoms with Crippen molar-refractivity contribution in [3.8, 4) is 0 Å². The summed E-state index contributed by atoms with van der Waals surface area (Å²) >= 11 is 3.41. The second-order valence-electron chi connectivity index (χ2n) is 4.94. The molecule has 0 aromatic rings. The lowest BCUT2D eigenvalue weighted by molar-refractivity contribution is -0.174. The molecule has 0 spiro atoms. The number of alkyl halides is 4. The van der Waals surface area contributed by atoms with Gasteiger partial charge in [-0.1, -0.05) is 35.2 Å². The summed E-state index contributed by atoms with van der Waals surface area (Å²) in [4.78, 5) is 11.7. The van der Waals surface area contributed by atoms with Crippen LogP contribution in [0.3, 0.4) is 0 Å². The normalized spacial score (nSPS) is 19.2. The largest absolute Gasteiger partial charge is 0.411 e. The van der Waals surface area contributed by atoms with Crippen molar-refractivity contribution in [1.82, 2.24) is 5.32 Å². The Bertz CT molecular complexity index is 291. The molecular weight excluding hydrogens is 327 g/mol. The van der Waals surface area contributed by atoms with Gasteiger partial charge in [-0.25, -0.2) is 0 Å². The predicted octanol–water partition coefficient (Wildman–Crippen LogP) is 3.17. The van der Waals surface area contributed by atoms with Crippen molar-refractivity contribution in [3.63, 3.8) is 0 Å². The fraction of sp³-hybridized carbons (Fsp3) is 0.917. The van der Waals surface area contributed by atoms with Crippen LogP contribution in [-0.4, -0.2) is 36.2 Å². The van der Waals surface area contributed by atoms with Crippen LogP contribution in [0.1, 0.15) is 38.5 Å². The van der Waals surface area contributed by atoms with Crippen LogP contribution in [0.2, 0.25) is 0 Å². The summed E-state index contributed by atoms with van der Waals surface area (Å²) in [6.07, 6.45) is 0.745. The van der Waals surface area contributed by atoms with Crippen molar-refractivity contribution in [2.45, 2.75) is 50.2 Å². The second-order valence-corrected chi connectivity index (χ2v) is 5.50. The second kappa shape index (κ2) is 7.47. The number of hydrogen-bond donors (Lipinski definition) is 1. The zero-order valence-corrected chi connectivity index (χ0v) is 12.3. The molecule has 0 heterocycles. The minimum atomic E-state index is -4.34. The Hall–Kier alpha value is -0.300. The first-order valence-electron chi connectivity index (χ1n) is 6.38. The van der Waals surface area contributed by atoms with Gasteiger partial charge in [0.1, 0.15) is 6.61 Å². The van der Waals surface area contributed by atoms with Crippen molar-refractivity contribution in [3.05, 3.63) is 0 Å². The van der Waals surface area contributed by atoms with E-state index >= 15 is 0 Å². The van der Waals surface area contributed by atoms with E-state index in [0.29, 0.717) is 5.33 Å². The van der Waals surface area contributed by atoms with Gasteiger partial charge in [-0.05, 0) is 12.8 Å². The lowest BCUT2D eigenvalue weighted by Crippen LogP contribution is -2.51. The van der Waals surface area contributed by atoms with Crippen molar-refractivity contribution < 1.29 is 22.7 Å². The molecule has 1 amide bonds. The zero-order valence-electron chi connectivity index (χ0n) is 10.7. The van der Waals surface area contributed by atoms with Crippen LogP contribution in [-0.2, 0) is 9.53 Å². The Morgan fingerprint density at radius 2 is 1.89 bits per heavy atom. The summed E-state index contributed by atoms with van der Waals surface area (Å²) in [5.74, 6) is -0.247. The van der Waals surface area contributed by atoms with E-state index in [1.165, 1.54) is 6.42 Å². The molecule has 19 heavy (non-hydrogen) atoms. The minimum absolute atomic E-state index is 0.0369. The maximum Gasteiger partial charge on any atom is 0.411 e. The van der Waals surface area contributed by atoms with Gasteiger partial charge in [-0.3, -0.25) is 4.79 Å². The summed E-state index contributed by atoms with van der Waals surface area (Å²) in [5, 5.41) is 3.61. The number of hydrogen-bond acceptors (Lipinski definition) is 2. The van der Waals surface area contributed by atoms with Crippen LogP contribution in [0.25, 0.3) is 0 Å². The van der Waals surface area contributed by atoms with Crippen LogP contribution >= 0.6 is 15.9 Å². The summed E-state index contributed by atoms with van der Waals surface area (Å²) in [6, 6.07) is 0. The number of amides is 1. The fourth-order valence-corrected chi connectivity index (χ4v) is 2.93. The molecule has 0 saturated heterocycles. The first kappa shape index (κ1) is 16.8. The Kier molecular flexibility index (Phi) is 6.59. The number of carbonyl (C=O) groups is 1. The highest BCUT2D eigenvalue weighted by Crippen LogP contribution is 2.29. The molecule has 0 aromatic carbocycles. The Morgan fingerprint density at radius 1 is 1.26 bits per heavy atom. The molecule has 0 atom stereocenters. The highest BCUT2D eigenvalue weighted by atomic mass is 79.9. The van der Waals surface area contributed by atoms with E-state index in [1.54, 1.807) is 0 Å². The van der Waals surface area contributed by atoms with Gasteiger partial charge >= 0.3 is 6.18 Å². The van der Waals surface area contributed by atoms with Gasteiger partial charge in [0.05, 0.1) is 6.61 Å². The lowest BCUT2D eigenvalue weighted by atomic mass is 9.83. The van der Waals surface area contributed by atoms with Gasteiger partial charge in [-0.2, -0.15) is 13.2 Å².